The van der Waals surface area contributed by atoms with Crippen molar-refractivity contribution in [2.75, 3.05) is 7.11 Å². The lowest BCUT2D eigenvalue weighted by Gasteiger charge is -2.34. The fraction of sp³-hybridized carbons (Fsp3) is 0.533. The van der Waals surface area contributed by atoms with Gasteiger partial charge in [-0.15, -0.1) is 0 Å². The third-order valence-electron chi connectivity index (χ3n) is 4.19. The topological polar surface area (TPSA) is 46.5 Å². The van der Waals surface area contributed by atoms with Gasteiger partial charge in [0.1, 0.15) is 5.75 Å². The van der Waals surface area contributed by atoms with Gasteiger partial charge in [-0.05, 0) is 37.5 Å². The van der Waals surface area contributed by atoms with Gasteiger partial charge in [0.05, 0.1) is 12.5 Å². The lowest BCUT2D eigenvalue weighted by Crippen LogP contribution is -2.37. The molecule has 0 bridgehead atoms. The summed E-state index contributed by atoms with van der Waals surface area (Å²) >= 11 is 3.50. The molecule has 1 aromatic rings. The molecule has 0 unspecified atom stereocenters. The van der Waals surface area contributed by atoms with Gasteiger partial charge in [-0.1, -0.05) is 35.2 Å². The van der Waals surface area contributed by atoms with Crippen molar-refractivity contribution in [1.82, 2.24) is 0 Å². The number of carboxylic acid groups (broad SMARTS) is 1. The predicted molar refractivity (Wildman–Crippen MR) is 77.8 cm³/mol. The molecule has 0 aliphatic heterocycles. The van der Waals surface area contributed by atoms with E-state index in [4.69, 9.17) is 4.74 Å². The third kappa shape index (κ3) is 2.50. The second-order valence-electron chi connectivity index (χ2n) is 5.23. The molecule has 0 heterocycles. The number of hydrogen-bond acceptors (Lipinski definition) is 2. The second-order valence-corrected chi connectivity index (χ2v) is 6.09. The van der Waals surface area contributed by atoms with E-state index >= 15 is 0 Å². The Balaban J connectivity index is 2.54. The molecule has 0 radical (unpaired) electrons. The maximum Gasteiger partial charge on any atom is 0.314 e. The molecular formula is C15H19BrO3. The Labute approximate surface area is 122 Å². The molecule has 0 aromatic heterocycles. The summed E-state index contributed by atoms with van der Waals surface area (Å²) in [5, 5.41) is 9.71. The summed E-state index contributed by atoms with van der Waals surface area (Å²) in [5.74, 6) is 0.0283. The van der Waals surface area contributed by atoms with Crippen molar-refractivity contribution < 1.29 is 14.6 Å². The van der Waals surface area contributed by atoms with Crippen molar-refractivity contribution in [3.63, 3.8) is 0 Å². The quantitative estimate of drug-likeness (QED) is 0.911. The Hall–Kier alpha value is -1.03. The number of benzene rings is 1. The number of ether oxygens (including phenoxy) is 1. The van der Waals surface area contributed by atoms with Crippen LogP contribution in [0, 0.1) is 6.92 Å². The molecule has 0 spiro atoms. The van der Waals surface area contributed by atoms with Crippen LogP contribution < -0.4 is 4.74 Å². The predicted octanol–water partition coefficient (Wildman–Crippen LogP) is 4.05. The van der Waals surface area contributed by atoms with Gasteiger partial charge in [-0.2, -0.15) is 0 Å². The van der Waals surface area contributed by atoms with Crippen LogP contribution in [0.1, 0.15) is 43.2 Å². The summed E-state index contributed by atoms with van der Waals surface area (Å²) in [6.45, 7) is 1.96. The monoisotopic (exact) mass is 326 g/mol. The number of aliphatic carboxylic acids is 1. The molecule has 0 saturated heterocycles. The third-order valence-corrected chi connectivity index (χ3v) is 5.01. The van der Waals surface area contributed by atoms with Gasteiger partial charge in [-0.3, -0.25) is 4.79 Å². The highest BCUT2D eigenvalue weighted by atomic mass is 79.9. The van der Waals surface area contributed by atoms with Gasteiger partial charge in [0.25, 0.3) is 0 Å². The lowest BCUT2D eigenvalue weighted by molar-refractivity contribution is -0.145. The van der Waals surface area contributed by atoms with E-state index in [1.807, 2.05) is 19.1 Å². The van der Waals surface area contributed by atoms with Crippen LogP contribution in [0.3, 0.4) is 0 Å². The molecule has 1 aliphatic carbocycles. The maximum atomic E-state index is 11.8. The molecule has 3 nitrogen and oxygen atoms in total. The van der Waals surface area contributed by atoms with Crippen LogP contribution in [-0.2, 0) is 10.2 Å². The minimum atomic E-state index is -0.748. The van der Waals surface area contributed by atoms with Gasteiger partial charge in [0.2, 0.25) is 0 Å². The van der Waals surface area contributed by atoms with Gasteiger partial charge >= 0.3 is 5.97 Å². The van der Waals surface area contributed by atoms with E-state index in [1.54, 1.807) is 7.11 Å². The number of carbonyl (C=O) groups is 1. The zero-order valence-corrected chi connectivity index (χ0v) is 12.9. The SMILES string of the molecule is COc1cc(C2(C(=O)O)CCCCC2)cc(Br)c1C. The highest BCUT2D eigenvalue weighted by Crippen LogP contribution is 2.42. The summed E-state index contributed by atoms with van der Waals surface area (Å²) in [7, 11) is 1.62. The van der Waals surface area contributed by atoms with Gasteiger partial charge in [-0.25, -0.2) is 0 Å². The fourth-order valence-corrected chi connectivity index (χ4v) is 3.37. The number of rotatable bonds is 3. The maximum absolute atomic E-state index is 11.8. The van der Waals surface area contributed by atoms with Gasteiger partial charge < -0.3 is 9.84 Å². The molecule has 1 aliphatic rings. The highest BCUT2D eigenvalue weighted by molar-refractivity contribution is 9.10. The van der Waals surface area contributed by atoms with Gasteiger partial charge in [0, 0.05) is 10.0 Å². The average molecular weight is 327 g/mol. The van der Waals surface area contributed by atoms with Crippen molar-refractivity contribution >= 4 is 21.9 Å². The zero-order chi connectivity index (χ0) is 14.0. The van der Waals surface area contributed by atoms with Crippen LogP contribution in [0.4, 0.5) is 0 Å². The first-order chi connectivity index (χ1) is 9.01. The Morgan fingerprint density at radius 3 is 2.47 bits per heavy atom. The molecule has 1 fully saturated rings. The number of carboxylic acids is 1. The van der Waals surface area contributed by atoms with Crippen LogP contribution in [0.2, 0.25) is 0 Å². The molecule has 19 heavy (non-hydrogen) atoms. The molecule has 0 amide bonds. The summed E-state index contributed by atoms with van der Waals surface area (Å²) in [6, 6.07) is 3.83. The largest absolute Gasteiger partial charge is 0.496 e. The summed E-state index contributed by atoms with van der Waals surface area (Å²) in [4.78, 5) is 11.8. The Bertz CT molecular complexity index is 490. The fourth-order valence-electron chi connectivity index (χ4n) is 2.92. The summed E-state index contributed by atoms with van der Waals surface area (Å²) in [5.41, 5.74) is 1.11. The summed E-state index contributed by atoms with van der Waals surface area (Å²) < 4.78 is 6.27. The Kier molecular flexibility index (Phi) is 4.19. The first-order valence-electron chi connectivity index (χ1n) is 6.59. The van der Waals surface area contributed by atoms with E-state index in [0.29, 0.717) is 12.8 Å². The van der Waals surface area contributed by atoms with Crippen molar-refractivity contribution in [3.05, 3.63) is 27.7 Å². The molecule has 1 saturated carbocycles. The lowest BCUT2D eigenvalue weighted by atomic mass is 9.69. The van der Waals surface area contributed by atoms with Crippen LogP contribution in [0.15, 0.2) is 16.6 Å². The molecule has 2 rings (SSSR count). The molecule has 0 atom stereocenters. The van der Waals surface area contributed by atoms with Crippen LogP contribution in [0.5, 0.6) is 5.75 Å². The molecule has 1 N–H and O–H groups in total. The molecular weight excluding hydrogens is 308 g/mol. The standard InChI is InChI=1S/C15H19BrO3/c1-10-12(16)8-11(9-13(10)19-2)15(14(17)18)6-4-3-5-7-15/h8-9H,3-7H2,1-2H3,(H,17,18). The van der Waals surface area contributed by atoms with Crippen LogP contribution in [0.25, 0.3) is 0 Å². The smallest absolute Gasteiger partial charge is 0.314 e. The van der Waals surface area contributed by atoms with E-state index in [9.17, 15) is 9.90 Å². The molecule has 4 heteroatoms. The minimum absolute atomic E-state index is 0.709. The Morgan fingerprint density at radius 2 is 1.95 bits per heavy atom. The van der Waals surface area contributed by atoms with E-state index in [0.717, 1.165) is 40.6 Å². The van der Waals surface area contributed by atoms with E-state index < -0.39 is 11.4 Å². The van der Waals surface area contributed by atoms with Crippen molar-refractivity contribution in [3.8, 4) is 5.75 Å². The van der Waals surface area contributed by atoms with Crippen molar-refractivity contribution in [2.45, 2.75) is 44.4 Å². The summed E-state index contributed by atoms with van der Waals surface area (Å²) in [6.07, 6.45) is 4.49. The number of halogens is 1. The van der Waals surface area contributed by atoms with Crippen LogP contribution >= 0.6 is 15.9 Å². The number of methoxy groups -OCH3 is 1. The normalized spacial score (nSPS) is 18.1. The minimum Gasteiger partial charge on any atom is -0.496 e. The van der Waals surface area contributed by atoms with Crippen molar-refractivity contribution in [2.24, 2.45) is 0 Å². The van der Waals surface area contributed by atoms with Gasteiger partial charge in [0.15, 0.2) is 0 Å². The van der Waals surface area contributed by atoms with Crippen molar-refractivity contribution in [1.29, 1.82) is 0 Å². The highest BCUT2D eigenvalue weighted by Gasteiger charge is 2.41. The van der Waals surface area contributed by atoms with E-state index in [2.05, 4.69) is 15.9 Å². The Morgan fingerprint density at radius 1 is 1.32 bits per heavy atom. The first kappa shape index (κ1) is 14.4. The number of hydrogen-bond donors (Lipinski definition) is 1. The zero-order valence-electron chi connectivity index (χ0n) is 11.3. The van der Waals surface area contributed by atoms with Crippen LogP contribution in [-0.4, -0.2) is 18.2 Å². The molecule has 104 valence electrons. The molecule has 1 aromatic carbocycles. The van der Waals surface area contributed by atoms with E-state index in [1.165, 1.54) is 0 Å². The second kappa shape index (κ2) is 5.53. The first-order valence-corrected chi connectivity index (χ1v) is 7.38. The average Bonchev–Trinajstić information content (AvgIpc) is 2.42. The van der Waals surface area contributed by atoms with E-state index in [-0.39, 0.29) is 0 Å².